The van der Waals surface area contributed by atoms with Crippen molar-refractivity contribution in [1.82, 2.24) is 10.2 Å². The minimum atomic E-state index is 0.336. The summed E-state index contributed by atoms with van der Waals surface area (Å²) in [5.74, 6) is 0. The van der Waals surface area contributed by atoms with E-state index in [-0.39, 0.29) is 0 Å². The molecule has 0 amide bonds. The van der Waals surface area contributed by atoms with Crippen LogP contribution in [0.2, 0.25) is 0 Å². The van der Waals surface area contributed by atoms with E-state index in [0.29, 0.717) is 11.5 Å². The Bertz CT molecular complexity index is 421. The third-order valence-corrected chi connectivity index (χ3v) is 3.75. The molecule has 2 nitrogen and oxygen atoms in total. The Labute approximate surface area is 133 Å². The van der Waals surface area contributed by atoms with E-state index in [2.05, 4.69) is 86.0 Å². The van der Waals surface area contributed by atoms with Crippen LogP contribution in [-0.4, -0.2) is 24.5 Å². The van der Waals surface area contributed by atoms with Crippen molar-refractivity contribution in [2.45, 2.75) is 53.8 Å². The summed E-state index contributed by atoms with van der Waals surface area (Å²) in [6, 6.07) is 7.21. The molecule has 1 rings (SSSR count). The Morgan fingerprint density at radius 3 is 2.40 bits per heavy atom. The predicted molar refractivity (Wildman–Crippen MR) is 91.9 cm³/mol. The van der Waals surface area contributed by atoms with Crippen LogP contribution in [0.5, 0.6) is 0 Å². The fourth-order valence-electron chi connectivity index (χ4n) is 2.31. The summed E-state index contributed by atoms with van der Waals surface area (Å²) in [5, 5.41) is 3.45. The van der Waals surface area contributed by atoms with E-state index in [4.69, 9.17) is 0 Å². The van der Waals surface area contributed by atoms with E-state index < -0.39 is 0 Å². The lowest BCUT2D eigenvalue weighted by atomic mass is 9.96. The first kappa shape index (κ1) is 17.7. The molecule has 1 aromatic carbocycles. The van der Waals surface area contributed by atoms with Crippen LogP contribution in [0.3, 0.4) is 0 Å². The van der Waals surface area contributed by atoms with Gasteiger partial charge in [-0.05, 0) is 29.7 Å². The fraction of sp³-hybridized carbons (Fsp3) is 0.647. The molecule has 0 bridgehead atoms. The lowest BCUT2D eigenvalue weighted by molar-refractivity contribution is 0.220. The second-order valence-corrected chi connectivity index (χ2v) is 8.05. The maximum Gasteiger partial charge on any atom is 0.0242 e. The van der Waals surface area contributed by atoms with Gasteiger partial charge in [-0.2, -0.15) is 0 Å². The molecule has 20 heavy (non-hydrogen) atoms. The van der Waals surface area contributed by atoms with E-state index in [1.54, 1.807) is 0 Å². The molecule has 0 aromatic heterocycles. The molecule has 3 heteroatoms. The number of halogens is 1. The molecular formula is C17H29BrN2. The van der Waals surface area contributed by atoms with E-state index in [1.165, 1.54) is 15.6 Å². The van der Waals surface area contributed by atoms with Gasteiger partial charge < -0.3 is 10.2 Å². The van der Waals surface area contributed by atoms with Gasteiger partial charge in [0.05, 0.1) is 0 Å². The van der Waals surface area contributed by atoms with Crippen LogP contribution in [0.25, 0.3) is 0 Å². The molecule has 0 atom stereocenters. The quantitative estimate of drug-likeness (QED) is 0.824. The SMILES string of the molecule is CC(C)NCc1ccc(CN(C)CC(C)(C)C)c(Br)c1. The maximum atomic E-state index is 3.71. The molecular weight excluding hydrogens is 312 g/mol. The monoisotopic (exact) mass is 340 g/mol. The first-order chi connectivity index (χ1) is 9.17. The number of hydrogen-bond donors (Lipinski definition) is 1. The summed E-state index contributed by atoms with van der Waals surface area (Å²) in [7, 11) is 2.19. The minimum absolute atomic E-state index is 0.336. The van der Waals surface area contributed by atoms with Gasteiger partial charge in [-0.15, -0.1) is 0 Å². The van der Waals surface area contributed by atoms with Crippen LogP contribution < -0.4 is 5.32 Å². The van der Waals surface area contributed by atoms with Crippen molar-refractivity contribution in [2.75, 3.05) is 13.6 Å². The Balaban J connectivity index is 2.64. The zero-order chi connectivity index (χ0) is 15.3. The highest BCUT2D eigenvalue weighted by atomic mass is 79.9. The fourth-order valence-corrected chi connectivity index (χ4v) is 2.86. The molecule has 0 spiro atoms. The van der Waals surface area contributed by atoms with Gasteiger partial charge in [0.15, 0.2) is 0 Å². The molecule has 0 radical (unpaired) electrons. The smallest absolute Gasteiger partial charge is 0.0242 e. The third kappa shape index (κ3) is 6.87. The van der Waals surface area contributed by atoms with Crippen LogP contribution in [-0.2, 0) is 13.1 Å². The second kappa shape index (κ2) is 7.58. The Kier molecular flexibility index (Phi) is 6.70. The van der Waals surface area contributed by atoms with Gasteiger partial charge in [0.25, 0.3) is 0 Å². The second-order valence-electron chi connectivity index (χ2n) is 7.19. The largest absolute Gasteiger partial charge is 0.310 e. The summed E-state index contributed by atoms with van der Waals surface area (Å²) in [6.45, 7) is 14.2. The number of benzene rings is 1. The third-order valence-electron chi connectivity index (χ3n) is 3.02. The van der Waals surface area contributed by atoms with Crippen molar-refractivity contribution in [3.63, 3.8) is 0 Å². The zero-order valence-electron chi connectivity index (χ0n) is 13.8. The van der Waals surface area contributed by atoms with Crippen molar-refractivity contribution in [2.24, 2.45) is 5.41 Å². The highest BCUT2D eigenvalue weighted by Crippen LogP contribution is 2.22. The predicted octanol–water partition coefficient (Wildman–Crippen LogP) is 4.43. The number of hydrogen-bond acceptors (Lipinski definition) is 2. The average molecular weight is 341 g/mol. The van der Waals surface area contributed by atoms with E-state index >= 15 is 0 Å². The highest BCUT2D eigenvalue weighted by molar-refractivity contribution is 9.10. The molecule has 0 aliphatic rings. The van der Waals surface area contributed by atoms with Crippen molar-refractivity contribution >= 4 is 15.9 Å². The first-order valence-corrected chi connectivity index (χ1v) is 8.16. The molecule has 0 heterocycles. The minimum Gasteiger partial charge on any atom is -0.310 e. The van der Waals surface area contributed by atoms with Crippen molar-refractivity contribution < 1.29 is 0 Å². The van der Waals surface area contributed by atoms with Gasteiger partial charge in [-0.25, -0.2) is 0 Å². The van der Waals surface area contributed by atoms with Crippen molar-refractivity contribution in [1.29, 1.82) is 0 Å². The lowest BCUT2D eigenvalue weighted by Crippen LogP contribution is -2.29. The van der Waals surface area contributed by atoms with Gasteiger partial charge in [0, 0.05) is 30.1 Å². The van der Waals surface area contributed by atoms with Gasteiger partial charge in [-0.3, -0.25) is 0 Å². The zero-order valence-corrected chi connectivity index (χ0v) is 15.3. The maximum absolute atomic E-state index is 3.71. The summed E-state index contributed by atoms with van der Waals surface area (Å²) in [4.78, 5) is 2.38. The number of nitrogens with zero attached hydrogens (tertiary/aromatic N) is 1. The molecule has 0 saturated carbocycles. The van der Waals surface area contributed by atoms with Crippen LogP contribution in [0.4, 0.5) is 0 Å². The topological polar surface area (TPSA) is 15.3 Å². The normalized spacial score (nSPS) is 12.4. The number of nitrogens with one attached hydrogen (secondary N) is 1. The Hall–Kier alpha value is -0.380. The number of rotatable bonds is 6. The van der Waals surface area contributed by atoms with Gasteiger partial charge >= 0.3 is 0 Å². The van der Waals surface area contributed by atoms with Crippen molar-refractivity contribution in [3.8, 4) is 0 Å². The molecule has 114 valence electrons. The van der Waals surface area contributed by atoms with Crippen LogP contribution in [0.15, 0.2) is 22.7 Å². The standard InChI is InChI=1S/C17H29BrN2/c1-13(2)19-10-14-7-8-15(16(18)9-14)11-20(6)12-17(3,4)5/h7-9,13,19H,10-12H2,1-6H3. The van der Waals surface area contributed by atoms with E-state index in [1.807, 2.05) is 0 Å². The molecule has 0 aliphatic heterocycles. The summed E-state index contributed by atoms with van der Waals surface area (Å²) in [6.07, 6.45) is 0. The van der Waals surface area contributed by atoms with Gasteiger partial charge in [-0.1, -0.05) is 62.7 Å². The average Bonchev–Trinajstić information content (AvgIpc) is 2.27. The summed E-state index contributed by atoms with van der Waals surface area (Å²) < 4.78 is 1.21. The lowest BCUT2D eigenvalue weighted by Gasteiger charge is -2.27. The van der Waals surface area contributed by atoms with E-state index in [9.17, 15) is 0 Å². The Morgan fingerprint density at radius 2 is 1.90 bits per heavy atom. The molecule has 0 saturated heterocycles. The van der Waals surface area contributed by atoms with E-state index in [0.717, 1.165) is 19.6 Å². The molecule has 1 aromatic rings. The summed E-state index contributed by atoms with van der Waals surface area (Å²) in [5.41, 5.74) is 3.01. The van der Waals surface area contributed by atoms with Gasteiger partial charge in [0.1, 0.15) is 0 Å². The van der Waals surface area contributed by atoms with Crippen molar-refractivity contribution in [3.05, 3.63) is 33.8 Å². The van der Waals surface area contributed by atoms with Gasteiger partial charge in [0.2, 0.25) is 0 Å². The molecule has 0 aliphatic carbocycles. The van der Waals surface area contributed by atoms with Crippen LogP contribution in [0, 0.1) is 5.41 Å². The molecule has 0 fully saturated rings. The Morgan fingerprint density at radius 1 is 1.25 bits per heavy atom. The summed E-state index contributed by atoms with van der Waals surface area (Å²) >= 11 is 3.71. The molecule has 0 unspecified atom stereocenters. The first-order valence-electron chi connectivity index (χ1n) is 7.36. The van der Waals surface area contributed by atoms with Crippen LogP contribution in [0.1, 0.15) is 45.7 Å². The highest BCUT2D eigenvalue weighted by Gasteiger charge is 2.14. The molecule has 1 N–H and O–H groups in total. The van der Waals surface area contributed by atoms with Crippen LogP contribution >= 0.6 is 15.9 Å².